The summed E-state index contributed by atoms with van der Waals surface area (Å²) in [5, 5.41) is 8.39. The van der Waals surface area contributed by atoms with Crippen LogP contribution in [0.25, 0.3) is 5.78 Å². The second-order valence-corrected chi connectivity index (χ2v) is 8.20. The normalized spacial score (nSPS) is 11.1. The lowest BCUT2D eigenvalue weighted by molar-refractivity contribution is -0.116. The van der Waals surface area contributed by atoms with Gasteiger partial charge in [-0.05, 0) is 37.5 Å². The summed E-state index contributed by atoms with van der Waals surface area (Å²) in [5.41, 5.74) is 3.87. The quantitative estimate of drug-likeness (QED) is 0.503. The highest BCUT2D eigenvalue weighted by atomic mass is 35.5. The average molecular weight is 427 g/mol. The Morgan fingerprint density at radius 1 is 1.24 bits per heavy atom. The maximum Gasteiger partial charge on any atom is 0.252 e. The number of amides is 1. The lowest BCUT2D eigenvalue weighted by Crippen LogP contribution is -2.14. The Morgan fingerprint density at radius 3 is 2.90 bits per heavy atom. The van der Waals surface area contributed by atoms with Crippen LogP contribution >= 0.6 is 22.9 Å². The Labute approximate surface area is 176 Å². The van der Waals surface area contributed by atoms with E-state index in [4.69, 9.17) is 11.6 Å². The minimum Gasteiger partial charge on any atom is -0.302 e. The summed E-state index contributed by atoms with van der Waals surface area (Å²) < 4.78 is 1.70. The summed E-state index contributed by atoms with van der Waals surface area (Å²) in [6.45, 7) is 3.89. The first kappa shape index (κ1) is 19.5. The molecule has 3 heterocycles. The molecule has 0 bridgehead atoms. The number of carbonyl (C=O) groups is 1. The van der Waals surface area contributed by atoms with E-state index >= 15 is 0 Å². The Bertz CT molecular complexity index is 1180. The number of anilines is 1. The van der Waals surface area contributed by atoms with E-state index in [0.717, 1.165) is 32.4 Å². The van der Waals surface area contributed by atoms with E-state index in [-0.39, 0.29) is 5.91 Å². The summed E-state index contributed by atoms with van der Waals surface area (Å²) in [6, 6.07) is 7.73. The smallest absolute Gasteiger partial charge is 0.252 e. The van der Waals surface area contributed by atoms with Gasteiger partial charge in [0, 0.05) is 40.3 Å². The minimum atomic E-state index is -0.0823. The maximum atomic E-state index is 12.4. The number of thiazole rings is 1. The van der Waals surface area contributed by atoms with Gasteiger partial charge in [0.25, 0.3) is 5.78 Å². The van der Waals surface area contributed by atoms with Crippen LogP contribution in [-0.4, -0.2) is 30.5 Å². The lowest BCUT2D eigenvalue weighted by atomic mass is 10.1. The number of nitrogens with one attached hydrogen (secondary N) is 1. The summed E-state index contributed by atoms with van der Waals surface area (Å²) in [6.07, 6.45) is 4.86. The molecule has 148 valence electrons. The van der Waals surface area contributed by atoms with Gasteiger partial charge in [-0.15, -0.1) is 11.3 Å². The van der Waals surface area contributed by atoms with Crippen molar-refractivity contribution in [2.75, 3.05) is 5.32 Å². The highest BCUT2D eigenvalue weighted by Gasteiger charge is 2.14. The molecule has 1 aromatic carbocycles. The molecule has 0 spiro atoms. The van der Waals surface area contributed by atoms with Crippen LogP contribution in [0.3, 0.4) is 0 Å². The van der Waals surface area contributed by atoms with Gasteiger partial charge >= 0.3 is 0 Å². The second-order valence-electron chi connectivity index (χ2n) is 6.68. The van der Waals surface area contributed by atoms with Gasteiger partial charge in [-0.3, -0.25) is 4.79 Å². The topological polar surface area (TPSA) is 85.1 Å². The number of benzene rings is 1. The Balaban J connectivity index is 1.38. The van der Waals surface area contributed by atoms with E-state index in [1.165, 1.54) is 17.7 Å². The molecule has 0 aliphatic heterocycles. The molecule has 0 aliphatic rings. The fourth-order valence-electron chi connectivity index (χ4n) is 3.21. The zero-order valence-electron chi connectivity index (χ0n) is 16.0. The first-order valence-corrected chi connectivity index (χ1v) is 10.3. The Morgan fingerprint density at radius 2 is 2.07 bits per heavy atom. The van der Waals surface area contributed by atoms with E-state index in [0.29, 0.717) is 30.2 Å². The fraction of sp³-hybridized carbons (Fsp3) is 0.250. The van der Waals surface area contributed by atoms with Crippen molar-refractivity contribution in [1.82, 2.24) is 24.6 Å². The van der Waals surface area contributed by atoms with Crippen LogP contribution < -0.4 is 5.32 Å². The number of carbonyl (C=O) groups excluding carboxylic acids is 1. The number of hydrogen-bond acceptors (Lipinski definition) is 6. The molecule has 0 aliphatic carbocycles. The molecule has 0 atom stereocenters. The van der Waals surface area contributed by atoms with Crippen molar-refractivity contribution < 1.29 is 4.79 Å². The molecule has 0 unspecified atom stereocenters. The van der Waals surface area contributed by atoms with Crippen LogP contribution in [0.1, 0.15) is 33.8 Å². The molecule has 0 saturated heterocycles. The molecule has 1 N–H and O–H groups in total. The van der Waals surface area contributed by atoms with Gasteiger partial charge in [-0.25, -0.2) is 14.5 Å². The number of fused-ring (bicyclic) bond motifs is 1. The predicted octanol–water partition coefficient (Wildman–Crippen LogP) is 4.01. The molecule has 0 saturated carbocycles. The van der Waals surface area contributed by atoms with Gasteiger partial charge in [0.05, 0.1) is 0 Å². The van der Waals surface area contributed by atoms with Crippen LogP contribution in [0.15, 0.2) is 36.8 Å². The van der Waals surface area contributed by atoms with Crippen molar-refractivity contribution in [3.05, 3.63) is 69.2 Å². The fourth-order valence-corrected chi connectivity index (χ4v) is 4.27. The molecule has 4 rings (SSSR count). The van der Waals surface area contributed by atoms with Gasteiger partial charge in [0.15, 0.2) is 5.13 Å². The molecular formula is C20H19ClN6OS. The third kappa shape index (κ3) is 4.28. The van der Waals surface area contributed by atoms with E-state index in [2.05, 4.69) is 25.4 Å². The highest BCUT2D eigenvalue weighted by molar-refractivity contribution is 7.15. The number of aromatic nitrogens is 5. The van der Waals surface area contributed by atoms with E-state index in [9.17, 15) is 4.79 Å². The number of hydrogen-bond donors (Lipinski definition) is 1. The SMILES string of the molecule is Cc1nc2ncnn2c(C)c1CCC(=O)Nc1ncc(Cc2ccccc2Cl)s1. The summed E-state index contributed by atoms with van der Waals surface area (Å²) in [5.74, 6) is 0.489. The molecular weight excluding hydrogens is 408 g/mol. The van der Waals surface area contributed by atoms with Gasteiger partial charge in [0.1, 0.15) is 6.33 Å². The van der Waals surface area contributed by atoms with Crippen LogP contribution in [0.4, 0.5) is 5.13 Å². The van der Waals surface area contributed by atoms with Crippen LogP contribution in [0.2, 0.25) is 5.02 Å². The molecule has 0 radical (unpaired) electrons. The van der Waals surface area contributed by atoms with Crippen molar-refractivity contribution in [2.24, 2.45) is 0 Å². The zero-order chi connectivity index (χ0) is 20.4. The van der Waals surface area contributed by atoms with Crippen molar-refractivity contribution in [3.8, 4) is 0 Å². The minimum absolute atomic E-state index is 0.0823. The number of halogens is 1. The maximum absolute atomic E-state index is 12.4. The molecule has 4 aromatic rings. The van der Waals surface area contributed by atoms with Crippen molar-refractivity contribution in [2.45, 2.75) is 33.1 Å². The highest BCUT2D eigenvalue weighted by Crippen LogP contribution is 2.25. The van der Waals surface area contributed by atoms with Crippen LogP contribution in [0, 0.1) is 13.8 Å². The molecule has 0 fully saturated rings. The van der Waals surface area contributed by atoms with Crippen LogP contribution in [0.5, 0.6) is 0 Å². The van der Waals surface area contributed by atoms with Crippen LogP contribution in [-0.2, 0) is 17.6 Å². The number of rotatable bonds is 6. The van der Waals surface area contributed by atoms with Crippen molar-refractivity contribution in [1.29, 1.82) is 0 Å². The standard InChI is InChI=1S/C20H19ClN6OS/c1-12-16(13(2)27-19(25-12)23-11-24-27)7-8-18(28)26-20-22-10-15(29-20)9-14-5-3-4-6-17(14)21/h3-6,10-11H,7-9H2,1-2H3,(H,22,26,28). The zero-order valence-corrected chi connectivity index (χ0v) is 17.6. The van der Waals surface area contributed by atoms with E-state index in [1.807, 2.05) is 38.1 Å². The largest absolute Gasteiger partial charge is 0.302 e. The number of aryl methyl sites for hydroxylation is 2. The Kier molecular flexibility index (Phi) is 5.55. The van der Waals surface area contributed by atoms with Gasteiger partial charge in [0.2, 0.25) is 5.91 Å². The summed E-state index contributed by atoms with van der Waals surface area (Å²) >= 11 is 7.68. The van der Waals surface area contributed by atoms with Gasteiger partial charge in [-0.2, -0.15) is 10.1 Å². The first-order chi connectivity index (χ1) is 14.0. The summed E-state index contributed by atoms with van der Waals surface area (Å²) in [7, 11) is 0. The van der Waals surface area contributed by atoms with Gasteiger partial charge in [-0.1, -0.05) is 29.8 Å². The van der Waals surface area contributed by atoms with Crippen molar-refractivity contribution in [3.63, 3.8) is 0 Å². The molecule has 3 aromatic heterocycles. The first-order valence-electron chi connectivity index (χ1n) is 9.15. The third-order valence-corrected chi connectivity index (χ3v) is 5.99. The molecule has 1 amide bonds. The van der Waals surface area contributed by atoms with Crippen molar-refractivity contribution >= 4 is 39.8 Å². The second kappa shape index (κ2) is 8.26. The third-order valence-electron chi connectivity index (χ3n) is 4.71. The van der Waals surface area contributed by atoms with E-state index in [1.54, 1.807) is 10.7 Å². The summed E-state index contributed by atoms with van der Waals surface area (Å²) in [4.78, 5) is 26.3. The molecule has 9 heteroatoms. The van der Waals surface area contributed by atoms with Gasteiger partial charge < -0.3 is 5.32 Å². The number of nitrogens with zero attached hydrogens (tertiary/aromatic N) is 5. The molecule has 7 nitrogen and oxygen atoms in total. The molecule has 29 heavy (non-hydrogen) atoms. The lowest BCUT2D eigenvalue weighted by Gasteiger charge is -2.10. The predicted molar refractivity (Wildman–Crippen MR) is 114 cm³/mol. The Hall–Kier alpha value is -2.84. The average Bonchev–Trinajstić information content (AvgIpc) is 3.33. The monoisotopic (exact) mass is 426 g/mol. The van der Waals surface area contributed by atoms with E-state index < -0.39 is 0 Å².